The van der Waals surface area contributed by atoms with Crippen LogP contribution in [-0.2, 0) is 0 Å². The maximum Gasteiger partial charge on any atom is 0.232 e. The van der Waals surface area contributed by atoms with Crippen LogP contribution in [0, 0.1) is 11.3 Å². The van der Waals surface area contributed by atoms with Crippen molar-refractivity contribution >= 4 is 5.65 Å². The van der Waals surface area contributed by atoms with E-state index >= 15 is 0 Å². The van der Waals surface area contributed by atoms with Gasteiger partial charge in [-0.3, -0.25) is 0 Å². The first-order chi connectivity index (χ1) is 12.2. The Morgan fingerprint density at radius 1 is 1.28 bits per heavy atom. The number of imidazole rings is 1. The van der Waals surface area contributed by atoms with Crippen LogP contribution in [0.3, 0.4) is 0 Å². The molecule has 1 saturated heterocycles. The first kappa shape index (κ1) is 15.6. The summed E-state index contributed by atoms with van der Waals surface area (Å²) in [5.74, 6) is 0.600. The van der Waals surface area contributed by atoms with Crippen molar-refractivity contribution in [1.29, 1.82) is 5.26 Å². The van der Waals surface area contributed by atoms with Gasteiger partial charge in [0.1, 0.15) is 6.10 Å². The maximum atomic E-state index is 9.11. The number of nitriles is 1. The van der Waals surface area contributed by atoms with Gasteiger partial charge in [0.25, 0.3) is 0 Å². The second kappa shape index (κ2) is 6.54. The SMILES string of the molecule is CN1CCCC(Oc2ccc3ncc(-c4cccc(C#N)c4)n3n2)C1. The summed E-state index contributed by atoms with van der Waals surface area (Å²) in [5, 5.41) is 13.7. The van der Waals surface area contributed by atoms with Crippen molar-refractivity contribution in [2.24, 2.45) is 0 Å². The van der Waals surface area contributed by atoms with E-state index in [0.29, 0.717) is 11.4 Å². The molecule has 0 aliphatic carbocycles. The number of piperidine rings is 1. The third kappa shape index (κ3) is 3.19. The summed E-state index contributed by atoms with van der Waals surface area (Å²) in [6.07, 6.45) is 4.13. The largest absolute Gasteiger partial charge is 0.472 e. The lowest BCUT2D eigenvalue weighted by atomic mass is 10.1. The van der Waals surface area contributed by atoms with Crippen LogP contribution in [0.1, 0.15) is 18.4 Å². The Hall–Kier alpha value is -2.91. The molecule has 3 aromatic rings. The summed E-state index contributed by atoms with van der Waals surface area (Å²) < 4.78 is 7.86. The number of nitrogens with zero attached hydrogens (tertiary/aromatic N) is 5. The number of aromatic nitrogens is 3. The van der Waals surface area contributed by atoms with Gasteiger partial charge in [-0.25, -0.2) is 9.50 Å². The van der Waals surface area contributed by atoms with E-state index in [2.05, 4.69) is 28.1 Å². The molecule has 1 unspecified atom stereocenters. The van der Waals surface area contributed by atoms with Crippen molar-refractivity contribution in [2.75, 3.05) is 20.1 Å². The van der Waals surface area contributed by atoms with Gasteiger partial charge in [0.15, 0.2) is 5.65 Å². The van der Waals surface area contributed by atoms with Crippen molar-refractivity contribution in [3.05, 3.63) is 48.2 Å². The number of likely N-dealkylation sites (N-methyl/N-ethyl adjacent to an activating group) is 1. The average molecular weight is 333 g/mol. The van der Waals surface area contributed by atoms with Crippen LogP contribution in [0.25, 0.3) is 16.9 Å². The second-order valence-electron chi connectivity index (χ2n) is 6.42. The van der Waals surface area contributed by atoms with Gasteiger partial charge in [-0.05, 0) is 44.6 Å². The lowest BCUT2D eigenvalue weighted by Gasteiger charge is -2.29. The normalized spacial score (nSPS) is 18.2. The summed E-state index contributed by atoms with van der Waals surface area (Å²) >= 11 is 0. The molecule has 126 valence electrons. The Bertz CT molecular complexity index is 942. The Morgan fingerprint density at radius 2 is 2.20 bits per heavy atom. The predicted octanol–water partition coefficient (Wildman–Crippen LogP) is 2.74. The van der Waals surface area contributed by atoms with E-state index in [1.165, 1.54) is 0 Å². The molecule has 1 aliphatic rings. The molecule has 4 rings (SSSR count). The zero-order valence-corrected chi connectivity index (χ0v) is 14.1. The van der Waals surface area contributed by atoms with E-state index < -0.39 is 0 Å². The number of ether oxygens (including phenoxy) is 1. The highest BCUT2D eigenvalue weighted by Crippen LogP contribution is 2.23. The van der Waals surface area contributed by atoms with Crippen LogP contribution >= 0.6 is 0 Å². The molecular formula is C19H19N5O. The minimum Gasteiger partial charge on any atom is -0.472 e. The van der Waals surface area contributed by atoms with Crippen LogP contribution in [0.15, 0.2) is 42.6 Å². The van der Waals surface area contributed by atoms with Gasteiger partial charge in [0, 0.05) is 18.2 Å². The first-order valence-electron chi connectivity index (χ1n) is 8.43. The van der Waals surface area contributed by atoms with Gasteiger partial charge in [-0.2, -0.15) is 5.26 Å². The van der Waals surface area contributed by atoms with E-state index in [1.54, 1.807) is 16.8 Å². The molecule has 6 nitrogen and oxygen atoms in total. The van der Waals surface area contributed by atoms with Crippen molar-refractivity contribution in [3.8, 4) is 23.2 Å². The van der Waals surface area contributed by atoms with E-state index in [1.807, 2.05) is 30.3 Å². The molecule has 0 radical (unpaired) electrons. The summed E-state index contributed by atoms with van der Waals surface area (Å²) in [5.41, 5.74) is 3.13. The lowest BCUT2D eigenvalue weighted by molar-refractivity contribution is 0.0988. The highest BCUT2D eigenvalue weighted by molar-refractivity contribution is 5.64. The number of hydrogen-bond donors (Lipinski definition) is 0. The van der Waals surface area contributed by atoms with Gasteiger partial charge in [0.2, 0.25) is 5.88 Å². The second-order valence-corrected chi connectivity index (χ2v) is 6.42. The first-order valence-corrected chi connectivity index (χ1v) is 8.43. The number of fused-ring (bicyclic) bond motifs is 1. The molecule has 0 saturated carbocycles. The monoisotopic (exact) mass is 333 g/mol. The Balaban J connectivity index is 1.66. The minimum absolute atomic E-state index is 0.164. The summed E-state index contributed by atoms with van der Waals surface area (Å²) in [6, 6.07) is 13.4. The molecule has 1 atom stereocenters. The van der Waals surface area contributed by atoms with Gasteiger partial charge in [-0.1, -0.05) is 12.1 Å². The molecule has 1 aliphatic heterocycles. The van der Waals surface area contributed by atoms with Gasteiger partial charge < -0.3 is 9.64 Å². The maximum absolute atomic E-state index is 9.11. The standard InChI is InChI=1S/C19H19N5O/c1-23-9-3-6-16(13-23)25-19-8-7-18-21-12-17(24(18)22-19)15-5-2-4-14(10-15)11-20/h2,4-5,7-8,10,12,16H,3,6,9,13H2,1H3. The number of likely N-dealkylation sites (tertiary alicyclic amines) is 1. The molecule has 0 N–H and O–H groups in total. The highest BCUT2D eigenvalue weighted by atomic mass is 16.5. The van der Waals surface area contributed by atoms with Crippen LogP contribution in [-0.4, -0.2) is 45.7 Å². The Morgan fingerprint density at radius 3 is 3.04 bits per heavy atom. The minimum atomic E-state index is 0.164. The zero-order chi connectivity index (χ0) is 17.2. The van der Waals surface area contributed by atoms with Crippen LogP contribution in [0.5, 0.6) is 5.88 Å². The van der Waals surface area contributed by atoms with Gasteiger partial charge >= 0.3 is 0 Å². The molecule has 25 heavy (non-hydrogen) atoms. The van der Waals surface area contributed by atoms with E-state index in [4.69, 9.17) is 10.00 Å². The van der Waals surface area contributed by atoms with Crippen LogP contribution in [0.2, 0.25) is 0 Å². The molecule has 2 aromatic heterocycles. The quantitative estimate of drug-likeness (QED) is 0.737. The number of rotatable bonds is 3. The fraction of sp³-hybridized carbons (Fsp3) is 0.316. The van der Waals surface area contributed by atoms with Crippen molar-refractivity contribution in [1.82, 2.24) is 19.5 Å². The third-order valence-electron chi connectivity index (χ3n) is 4.49. The molecule has 0 bridgehead atoms. The Kier molecular flexibility index (Phi) is 4.08. The fourth-order valence-electron chi connectivity index (χ4n) is 3.25. The fourth-order valence-corrected chi connectivity index (χ4v) is 3.25. The molecule has 1 fully saturated rings. The lowest BCUT2D eigenvalue weighted by Crippen LogP contribution is -2.38. The van der Waals surface area contributed by atoms with Gasteiger partial charge in [0.05, 0.1) is 23.5 Å². The van der Waals surface area contributed by atoms with E-state index in [9.17, 15) is 0 Å². The summed E-state index contributed by atoms with van der Waals surface area (Å²) in [7, 11) is 2.11. The summed E-state index contributed by atoms with van der Waals surface area (Å²) in [4.78, 5) is 6.68. The molecule has 3 heterocycles. The zero-order valence-electron chi connectivity index (χ0n) is 14.1. The number of benzene rings is 1. The molecule has 6 heteroatoms. The number of hydrogen-bond acceptors (Lipinski definition) is 5. The highest BCUT2D eigenvalue weighted by Gasteiger charge is 2.19. The van der Waals surface area contributed by atoms with Crippen molar-refractivity contribution < 1.29 is 4.74 Å². The van der Waals surface area contributed by atoms with E-state index in [-0.39, 0.29) is 6.10 Å². The van der Waals surface area contributed by atoms with Crippen molar-refractivity contribution in [3.63, 3.8) is 0 Å². The van der Waals surface area contributed by atoms with Crippen LogP contribution < -0.4 is 4.74 Å². The molecular weight excluding hydrogens is 314 g/mol. The topological polar surface area (TPSA) is 66.5 Å². The average Bonchev–Trinajstić information content (AvgIpc) is 3.05. The molecule has 0 amide bonds. The smallest absolute Gasteiger partial charge is 0.232 e. The van der Waals surface area contributed by atoms with Crippen molar-refractivity contribution in [2.45, 2.75) is 18.9 Å². The molecule has 1 aromatic carbocycles. The van der Waals surface area contributed by atoms with E-state index in [0.717, 1.165) is 42.8 Å². The summed E-state index contributed by atoms with van der Waals surface area (Å²) in [6.45, 7) is 2.04. The third-order valence-corrected chi connectivity index (χ3v) is 4.49. The van der Waals surface area contributed by atoms with Gasteiger partial charge in [-0.15, -0.1) is 5.10 Å². The Labute approximate surface area is 146 Å². The predicted molar refractivity (Wildman–Crippen MR) is 94.3 cm³/mol. The van der Waals surface area contributed by atoms with Crippen LogP contribution in [0.4, 0.5) is 0 Å². The molecule has 0 spiro atoms.